The van der Waals surface area contributed by atoms with E-state index >= 15 is 0 Å². The minimum absolute atomic E-state index is 0.0201. The van der Waals surface area contributed by atoms with Crippen LogP contribution in [-0.2, 0) is 4.74 Å². The number of rotatable bonds is 9. The zero-order chi connectivity index (χ0) is 15.0. The van der Waals surface area contributed by atoms with E-state index in [0.717, 1.165) is 0 Å². The summed E-state index contributed by atoms with van der Waals surface area (Å²) >= 11 is 5.69. The van der Waals surface area contributed by atoms with E-state index in [9.17, 15) is 17.6 Å². The molecule has 20 heavy (non-hydrogen) atoms. The second-order valence-corrected chi connectivity index (χ2v) is 4.20. The Labute approximate surface area is 118 Å². The first kappa shape index (κ1) is 17.0. The van der Waals surface area contributed by atoms with Gasteiger partial charge in [0.2, 0.25) is 0 Å². The number of alkyl halides is 4. The summed E-state index contributed by atoms with van der Waals surface area (Å²) < 4.78 is 57.2. The molecule has 1 N–H and O–H groups in total. The van der Waals surface area contributed by atoms with E-state index in [4.69, 9.17) is 16.3 Å². The monoisotopic (exact) mass is 315 g/mol. The van der Waals surface area contributed by atoms with E-state index in [-0.39, 0.29) is 6.54 Å². The maximum absolute atomic E-state index is 12.3. The first-order valence-electron chi connectivity index (χ1n) is 5.81. The van der Waals surface area contributed by atoms with Crippen LogP contribution in [0.25, 0.3) is 0 Å². The molecule has 1 aromatic rings. The minimum Gasteiger partial charge on any atom is -0.492 e. The lowest BCUT2D eigenvalue weighted by Gasteiger charge is -2.15. The highest BCUT2D eigenvalue weighted by Gasteiger charge is 2.41. The van der Waals surface area contributed by atoms with Gasteiger partial charge in [0, 0.05) is 18.1 Å². The van der Waals surface area contributed by atoms with Gasteiger partial charge in [0.05, 0.1) is 6.61 Å². The molecule has 0 heterocycles. The van der Waals surface area contributed by atoms with Crippen molar-refractivity contribution in [1.29, 1.82) is 0 Å². The number of hydrogen-bond donors (Lipinski definition) is 1. The molecule has 0 spiro atoms. The molecule has 114 valence electrons. The number of nitrogens with one attached hydrogen (secondary N) is 1. The molecule has 0 radical (unpaired) electrons. The third kappa shape index (κ3) is 6.40. The Balaban J connectivity index is 2.04. The third-order valence-electron chi connectivity index (χ3n) is 2.19. The highest BCUT2D eigenvalue weighted by Crippen LogP contribution is 2.23. The predicted molar refractivity (Wildman–Crippen MR) is 66.7 cm³/mol. The summed E-state index contributed by atoms with van der Waals surface area (Å²) in [7, 11) is 0. The van der Waals surface area contributed by atoms with Crippen LogP contribution in [-0.4, -0.2) is 38.8 Å². The number of ether oxygens (including phenoxy) is 2. The van der Waals surface area contributed by atoms with E-state index in [1.165, 1.54) is 0 Å². The summed E-state index contributed by atoms with van der Waals surface area (Å²) in [5.74, 6) is 0.622. The average Bonchev–Trinajstić information content (AvgIpc) is 2.39. The molecule has 0 amide bonds. The van der Waals surface area contributed by atoms with Gasteiger partial charge in [0.1, 0.15) is 12.4 Å². The normalized spacial score (nSPS) is 11.9. The van der Waals surface area contributed by atoms with Gasteiger partial charge in [-0.25, -0.2) is 8.78 Å². The third-order valence-corrected chi connectivity index (χ3v) is 2.44. The van der Waals surface area contributed by atoms with E-state index in [1.54, 1.807) is 24.3 Å². The van der Waals surface area contributed by atoms with Crippen molar-refractivity contribution in [2.45, 2.75) is 12.5 Å². The molecule has 0 aliphatic carbocycles. The van der Waals surface area contributed by atoms with E-state index in [2.05, 4.69) is 10.1 Å². The molecule has 1 aromatic carbocycles. The fourth-order valence-electron chi connectivity index (χ4n) is 1.22. The molecular weight excluding hydrogens is 302 g/mol. The van der Waals surface area contributed by atoms with Gasteiger partial charge in [-0.15, -0.1) is 0 Å². The van der Waals surface area contributed by atoms with E-state index < -0.39 is 19.1 Å². The van der Waals surface area contributed by atoms with Crippen LogP contribution in [0.5, 0.6) is 5.75 Å². The smallest absolute Gasteiger partial charge is 0.416 e. The first-order chi connectivity index (χ1) is 9.42. The van der Waals surface area contributed by atoms with Crippen molar-refractivity contribution in [3.05, 3.63) is 29.3 Å². The molecule has 0 atom stereocenters. The van der Waals surface area contributed by atoms with Crippen LogP contribution < -0.4 is 10.1 Å². The summed E-state index contributed by atoms with van der Waals surface area (Å²) in [4.78, 5) is 0. The largest absolute Gasteiger partial charge is 0.492 e. The zero-order valence-electron chi connectivity index (χ0n) is 10.4. The van der Waals surface area contributed by atoms with Gasteiger partial charge in [-0.2, -0.15) is 8.78 Å². The minimum atomic E-state index is -4.40. The highest BCUT2D eigenvalue weighted by molar-refractivity contribution is 6.30. The SMILES string of the molecule is FC(F)C(F)(F)OCCNCCOc1ccc(Cl)cc1. The zero-order valence-corrected chi connectivity index (χ0v) is 11.2. The summed E-state index contributed by atoms with van der Waals surface area (Å²) in [5, 5.41) is 3.31. The molecule has 0 saturated carbocycles. The van der Waals surface area contributed by atoms with Crippen molar-refractivity contribution in [3.63, 3.8) is 0 Å². The van der Waals surface area contributed by atoms with Gasteiger partial charge < -0.3 is 14.8 Å². The lowest BCUT2D eigenvalue weighted by molar-refractivity contribution is -0.299. The van der Waals surface area contributed by atoms with E-state index in [1.807, 2.05) is 0 Å². The van der Waals surface area contributed by atoms with Crippen molar-refractivity contribution >= 4 is 11.6 Å². The Bertz CT molecular complexity index is 390. The van der Waals surface area contributed by atoms with Crippen molar-refractivity contribution in [2.24, 2.45) is 0 Å². The van der Waals surface area contributed by atoms with Crippen LogP contribution in [0.4, 0.5) is 17.6 Å². The molecule has 0 fully saturated rings. The van der Waals surface area contributed by atoms with Crippen molar-refractivity contribution in [3.8, 4) is 5.75 Å². The molecule has 0 aliphatic rings. The lowest BCUT2D eigenvalue weighted by Crippen LogP contribution is -2.34. The molecule has 0 saturated heterocycles. The summed E-state index contributed by atoms with van der Waals surface area (Å²) in [6, 6.07) is 6.72. The predicted octanol–water partition coefficient (Wildman–Crippen LogP) is 3.18. The first-order valence-corrected chi connectivity index (χ1v) is 6.18. The lowest BCUT2D eigenvalue weighted by atomic mass is 10.3. The fourth-order valence-corrected chi connectivity index (χ4v) is 1.35. The second-order valence-electron chi connectivity index (χ2n) is 3.76. The van der Waals surface area contributed by atoms with Crippen LogP contribution in [0.15, 0.2) is 24.3 Å². The van der Waals surface area contributed by atoms with Gasteiger partial charge in [0.15, 0.2) is 0 Å². The maximum atomic E-state index is 12.3. The molecule has 1 rings (SSSR count). The molecule has 0 unspecified atom stereocenters. The van der Waals surface area contributed by atoms with E-state index in [0.29, 0.717) is 23.9 Å². The summed E-state index contributed by atoms with van der Waals surface area (Å²) in [6.45, 7) is 0.170. The Hall–Kier alpha value is -1.05. The van der Waals surface area contributed by atoms with Gasteiger partial charge in [-0.1, -0.05) is 11.6 Å². The number of benzene rings is 1. The average molecular weight is 316 g/mol. The van der Waals surface area contributed by atoms with Crippen LogP contribution in [0.3, 0.4) is 0 Å². The Morgan fingerprint density at radius 1 is 1.10 bits per heavy atom. The molecule has 0 aromatic heterocycles. The van der Waals surface area contributed by atoms with Gasteiger partial charge in [0.25, 0.3) is 0 Å². The van der Waals surface area contributed by atoms with Crippen LogP contribution in [0, 0.1) is 0 Å². The molecule has 8 heteroatoms. The molecule has 0 bridgehead atoms. The molecule has 3 nitrogen and oxygen atoms in total. The molecular formula is C12H14ClF4NO2. The molecule has 0 aliphatic heterocycles. The van der Waals surface area contributed by atoms with Gasteiger partial charge in [-0.3, -0.25) is 0 Å². The van der Waals surface area contributed by atoms with Crippen LogP contribution >= 0.6 is 11.6 Å². The Kier molecular flexibility index (Phi) is 7.04. The van der Waals surface area contributed by atoms with Crippen molar-refractivity contribution in [2.75, 3.05) is 26.3 Å². The van der Waals surface area contributed by atoms with Crippen molar-refractivity contribution < 1.29 is 27.0 Å². The number of hydrogen-bond acceptors (Lipinski definition) is 3. The Morgan fingerprint density at radius 2 is 1.70 bits per heavy atom. The topological polar surface area (TPSA) is 30.5 Å². The van der Waals surface area contributed by atoms with Gasteiger partial charge in [-0.05, 0) is 24.3 Å². The standard InChI is InChI=1S/C12H14ClF4NO2/c13-9-1-3-10(4-2-9)19-7-5-18-6-8-20-12(16,17)11(14)15/h1-4,11,18H,5-8H2. The van der Waals surface area contributed by atoms with Gasteiger partial charge >= 0.3 is 12.5 Å². The summed E-state index contributed by atoms with van der Waals surface area (Å²) in [5.41, 5.74) is 0. The van der Waals surface area contributed by atoms with Crippen LogP contribution in [0.2, 0.25) is 5.02 Å². The Morgan fingerprint density at radius 3 is 2.30 bits per heavy atom. The summed E-state index contributed by atoms with van der Waals surface area (Å²) in [6.07, 6.45) is -8.22. The fraction of sp³-hybridized carbons (Fsp3) is 0.500. The number of halogens is 5. The van der Waals surface area contributed by atoms with Crippen molar-refractivity contribution in [1.82, 2.24) is 5.32 Å². The quantitative estimate of drug-likeness (QED) is 0.561. The maximum Gasteiger partial charge on any atom is 0.416 e. The highest BCUT2D eigenvalue weighted by atomic mass is 35.5. The second kappa shape index (κ2) is 8.28. The van der Waals surface area contributed by atoms with Crippen LogP contribution in [0.1, 0.15) is 0 Å².